The summed E-state index contributed by atoms with van der Waals surface area (Å²) in [5.74, 6) is 0.666. The maximum Gasteiger partial charge on any atom is 0.128 e. The minimum absolute atomic E-state index is 0.175. The zero-order valence-electron chi connectivity index (χ0n) is 12.1. The van der Waals surface area contributed by atoms with Gasteiger partial charge in [0.15, 0.2) is 0 Å². The molecule has 1 aromatic carbocycles. The van der Waals surface area contributed by atoms with Crippen LogP contribution in [0.2, 0.25) is 0 Å². The zero-order valence-corrected chi connectivity index (χ0v) is 12.1. The Labute approximate surface area is 119 Å². The van der Waals surface area contributed by atoms with Gasteiger partial charge < -0.3 is 10.2 Å². The van der Waals surface area contributed by atoms with Crippen LogP contribution in [0, 0.1) is 12.7 Å². The number of hydrogen-bond donors (Lipinski definition) is 1. The van der Waals surface area contributed by atoms with Gasteiger partial charge in [0.1, 0.15) is 11.6 Å². The van der Waals surface area contributed by atoms with E-state index in [9.17, 15) is 4.39 Å². The Bertz CT molecular complexity index is 565. The highest BCUT2D eigenvalue weighted by molar-refractivity contribution is 5.23. The molecule has 0 bridgehead atoms. The first-order valence-corrected chi connectivity index (χ1v) is 6.74. The minimum Gasteiger partial charge on any atom is -0.469 e. The lowest BCUT2D eigenvalue weighted by atomic mass is 9.98. The third kappa shape index (κ3) is 3.08. The molecule has 2 rings (SSSR count). The second kappa shape index (κ2) is 6.20. The van der Waals surface area contributed by atoms with E-state index >= 15 is 0 Å². The SMILES string of the molecule is Cc1occc1CN(C)C(c1ccccc1F)C(C)N. The van der Waals surface area contributed by atoms with Crippen molar-refractivity contribution in [2.24, 2.45) is 5.73 Å². The molecule has 2 N–H and O–H groups in total. The van der Waals surface area contributed by atoms with Crippen molar-refractivity contribution in [2.75, 3.05) is 7.05 Å². The first kappa shape index (κ1) is 14.8. The van der Waals surface area contributed by atoms with Crippen molar-refractivity contribution < 1.29 is 8.81 Å². The van der Waals surface area contributed by atoms with E-state index in [1.807, 2.05) is 33.0 Å². The van der Waals surface area contributed by atoms with Crippen LogP contribution in [-0.4, -0.2) is 18.0 Å². The van der Waals surface area contributed by atoms with Crippen LogP contribution in [0.5, 0.6) is 0 Å². The van der Waals surface area contributed by atoms with E-state index in [1.165, 1.54) is 6.07 Å². The topological polar surface area (TPSA) is 42.4 Å². The van der Waals surface area contributed by atoms with Crippen molar-refractivity contribution in [1.29, 1.82) is 0 Å². The molecule has 0 saturated heterocycles. The van der Waals surface area contributed by atoms with Crippen LogP contribution in [0.3, 0.4) is 0 Å². The predicted molar refractivity (Wildman–Crippen MR) is 77.7 cm³/mol. The molecule has 3 nitrogen and oxygen atoms in total. The van der Waals surface area contributed by atoms with Crippen LogP contribution in [0.25, 0.3) is 0 Å². The van der Waals surface area contributed by atoms with Crippen molar-refractivity contribution in [3.05, 3.63) is 59.3 Å². The van der Waals surface area contributed by atoms with Crippen LogP contribution in [0.1, 0.15) is 29.9 Å². The first-order chi connectivity index (χ1) is 9.50. The Morgan fingerprint density at radius 2 is 2.00 bits per heavy atom. The van der Waals surface area contributed by atoms with Gasteiger partial charge in [-0.15, -0.1) is 0 Å². The van der Waals surface area contributed by atoms with Crippen LogP contribution >= 0.6 is 0 Å². The molecule has 0 spiro atoms. The summed E-state index contributed by atoms with van der Waals surface area (Å²) in [6.45, 7) is 4.49. The number of nitrogens with zero attached hydrogens (tertiary/aromatic N) is 1. The summed E-state index contributed by atoms with van der Waals surface area (Å²) in [5, 5.41) is 0. The molecule has 2 unspecified atom stereocenters. The number of hydrogen-bond acceptors (Lipinski definition) is 3. The quantitative estimate of drug-likeness (QED) is 0.911. The lowest BCUT2D eigenvalue weighted by molar-refractivity contribution is 0.205. The standard InChI is InChI=1S/C16H21FN2O/c1-11(18)16(14-6-4-5-7-15(14)17)19(3)10-13-8-9-20-12(13)2/h4-9,11,16H,10,18H2,1-3H3. The van der Waals surface area contributed by atoms with E-state index in [-0.39, 0.29) is 17.9 Å². The van der Waals surface area contributed by atoms with Crippen molar-refractivity contribution in [1.82, 2.24) is 4.90 Å². The number of likely N-dealkylation sites (N-methyl/N-ethyl adjacent to an activating group) is 1. The molecule has 0 saturated carbocycles. The smallest absolute Gasteiger partial charge is 0.128 e. The number of halogens is 1. The Morgan fingerprint density at radius 1 is 1.30 bits per heavy atom. The molecule has 0 amide bonds. The summed E-state index contributed by atoms with van der Waals surface area (Å²) in [6, 6.07) is 8.38. The maximum absolute atomic E-state index is 14.0. The largest absolute Gasteiger partial charge is 0.469 e. The summed E-state index contributed by atoms with van der Waals surface area (Å²) in [5.41, 5.74) is 7.80. The summed E-state index contributed by atoms with van der Waals surface area (Å²) >= 11 is 0. The van der Waals surface area contributed by atoms with Crippen molar-refractivity contribution >= 4 is 0 Å². The molecule has 1 heterocycles. The molecule has 4 heteroatoms. The molecule has 0 fully saturated rings. The number of benzene rings is 1. The summed E-state index contributed by atoms with van der Waals surface area (Å²) in [7, 11) is 1.95. The van der Waals surface area contributed by atoms with Gasteiger partial charge in [-0.2, -0.15) is 0 Å². The monoisotopic (exact) mass is 276 g/mol. The molecule has 0 aliphatic carbocycles. The third-order valence-corrected chi connectivity index (χ3v) is 3.58. The first-order valence-electron chi connectivity index (χ1n) is 6.74. The molecular formula is C16H21FN2O. The van der Waals surface area contributed by atoms with Crippen molar-refractivity contribution in [2.45, 2.75) is 32.5 Å². The number of aryl methyl sites for hydroxylation is 1. The molecule has 0 radical (unpaired) electrons. The summed E-state index contributed by atoms with van der Waals surface area (Å²) in [6.07, 6.45) is 1.67. The van der Waals surface area contributed by atoms with Crippen LogP contribution in [0.15, 0.2) is 41.0 Å². The fourth-order valence-corrected chi connectivity index (χ4v) is 2.58. The highest BCUT2D eigenvalue weighted by Gasteiger charge is 2.24. The molecule has 0 aliphatic heterocycles. The van der Waals surface area contributed by atoms with Gasteiger partial charge in [-0.1, -0.05) is 18.2 Å². The second-order valence-corrected chi connectivity index (χ2v) is 5.24. The number of rotatable bonds is 5. The van der Waals surface area contributed by atoms with Crippen LogP contribution in [-0.2, 0) is 6.54 Å². The lowest BCUT2D eigenvalue weighted by Gasteiger charge is -2.31. The Morgan fingerprint density at radius 3 is 2.55 bits per heavy atom. The molecule has 108 valence electrons. The van der Waals surface area contributed by atoms with Crippen LogP contribution < -0.4 is 5.73 Å². The molecular weight excluding hydrogens is 255 g/mol. The van der Waals surface area contributed by atoms with Gasteiger partial charge >= 0.3 is 0 Å². The Balaban J connectivity index is 2.25. The average Bonchev–Trinajstić information content (AvgIpc) is 2.77. The van der Waals surface area contributed by atoms with Gasteiger partial charge in [-0.25, -0.2) is 4.39 Å². The van der Waals surface area contributed by atoms with Gasteiger partial charge in [0.05, 0.1) is 12.3 Å². The predicted octanol–water partition coefficient (Wildman–Crippen LogP) is 3.25. The van der Waals surface area contributed by atoms with E-state index in [4.69, 9.17) is 10.2 Å². The highest BCUT2D eigenvalue weighted by atomic mass is 19.1. The van der Waals surface area contributed by atoms with Gasteiger partial charge in [-0.3, -0.25) is 4.90 Å². The van der Waals surface area contributed by atoms with E-state index in [0.717, 1.165) is 11.3 Å². The molecule has 1 aromatic heterocycles. The summed E-state index contributed by atoms with van der Waals surface area (Å²) in [4.78, 5) is 2.06. The zero-order chi connectivity index (χ0) is 14.7. The van der Waals surface area contributed by atoms with Crippen LogP contribution in [0.4, 0.5) is 4.39 Å². The molecule has 2 atom stereocenters. The van der Waals surface area contributed by atoms with Gasteiger partial charge in [0.25, 0.3) is 0 Å². The minimum atomic E-state index is -0.217. The fourth-order valence-electron chi connectivity index (χ4n) is 2.58. The van der Waals surface area contributed by atoms with E-state index in [1.54, 1.807) is 18.4 Å². The summed E-state index contributed by atoms with van der Waals surface area (Å²) < 4.78 is 19.3. The van der Waals surface area contributed by atoms with Crippen molar-refractivity contribution in [3.8, 4) is 0 Å². The van der Waals surface area contributed by atoms with E-state index in [2.05, 4.69) is 4.90 Å². The average molecular weight is 276 g/mol. The molecule has 0 aliphatic rings. The fraction of sp³-hybridized carbons (Fsp3) is 0.375. The van der Waals surface area contributed by atoms with E-state index in [0.29, 0.717) is 12.1 Å². The van der Waals surface area contributed by atoms with E-state index < -0.39 is 0 Å². The van der Waals surface area contributed by atoms with Gasteiger partial charge in [0.2, 0.25) is 0 Å². The normalized spacial score (nSPS) is 14.5. The van der Waals surface area contributed by atoms with Crippen molar-refractivity contribution in [3.63, 3.8) is 0 Å². The number of furan rings is 1. The lowest BCUT2D eigenvalue weighted by Crippen LogP contribution is -2.37. The maximum atomic E-state index is 14.0. The Hall–Kier alpha value is -1.65. The Kier molecular flexibility index (Phi) is 4.57. The van der Waals surface area contributed by atoms with Gasteiger partial charge in [-0.05, 0) is 33.0 Å². The third-order valence-electron chi connectivity index (χ3n) is 3.58. The number of nitrogens with two attached hydrogens (primary N) is 1. The molecule has 2 aromatic rings. The highest BCUT2D eigenvalue weighted by Crippen LogP contribution is 2.26. The second-order valence-electron chi connectivity index (χ2n) is 5.24. The molecule has 20 heavy (non-hydrogen) atoms. The van der Waals surface area contributed by atoms with Gasteiger partial charge in [0, 0.05) is 23.7 Å².